The van der Waals surface area contributed by atoms with E-state index in [0.29, 0.717) is 12.5 Å². The Hall–Kier alpha value is -1.91. The van der Waals surface area contributed by atoms with Crippen molar-refractivity contribution in [1.82, 2.24) is 10.2 Å². The molecule has 1 aromatic rings. The van der Waals surface area contributed by atoms with E-state index in [2.05, 4.69) is 5.32 Å². The van der Waals surface area contributed by atoms with Crippen LogP contribution < -0.4 is 5.32 Å². The zero-order valence-corrected chi connectivity index (χ0v) is 12.7. The SMILES string of the molecule is CN1C(=O)C[C@@H](C(=O)NCC2CCC2)[C@H]1c1ccc(F)cc1. The highest BCUT2D eigenvalue weighted by Crippen LogP contribution is 2.37. The van der Waals surface area contributed by atoms with E-state index in [-0.39, 0.29) is 30.1 Å². The fourth-order valence-electron chi connectivity index (χ4n) is 3.29. The topological polar surface area (TPSA) is 49.4 Å². The molecule has 0 aromatic heterocycles. The molecule has 3 rings (SSSR count). The summed E-state index contributed by atoms with van der Waals surface area (Å²) in [5.41, 5.74) is 0.804. The number of carbonyl (C=O) groups excluding carboxylic acids is 2. The highest BCUT2D eigenvalue weighted by Gasteiger charge is 2.42. The largest absolute Gasteiger partial charge is 0.355 e. The summed E-state index contributed by atoms with van der Waals surface area (Å²) in [5, 5.41) is 2.99. The molecule has 1 aliphatic carbocycles. The smallest absolute Gasteiger partial charge is 0.226 e. The Labute approximate surface area is 129 Å². The van der Waals surface area contributed by atoms with Crippen LogP contribution in [-0.2, 0) is 9.59 Å². The molecule has 5 heteroatoms. The fourth-order valence-corrected chi connectivity index (χ4v) is 3.29. The predicted molar refractivity (Wildman–Crippen MR) is 80.4 cm³/mol. The number of nitrogens with one attached hydrogen (secondary N) is 1. The van der Waals surface area contributed by atoms with E-state index in [1.54, 1.807) is 24.1 Å². The number of amides is 2. The van der Waals surface area contributed by atoms with Gasteiger partial charge in [-0.2, -0.15) is 0 Å². The average Bonchev–Trinajstić information content (AvgIpc) is 2.74. The molecular formula is C17H21FN2O2. The Balaban J connectivity index is 1.73. The maximum Gasteiger partial charge on any atom is 0.226 e. The van der Waals surface area contributed by atoms with E-state index in [1.807, 2.05) is 0 Å². The van der Waals surface area contributed by atoms with Crippen molar-refractivity contribution in [3.05, 3.63) is 35.6 Å². The molecule has 0 spiro atoms. The van der Waals surface area contributed by atoms with Gasteiger partial charge in [-0.1, -0.05) is 18.6 Å². The monoisotopic (exact) mass is 304 g/mol. The minimum Gasteiger partial charge on any atom is -0.355 e. The summed E-state index contributed by atoms with van der Waals surface area (Å²) in [5.74, 6) is -0.246. The van der Waals surface area contributed by atoms with Crippen LogP contribution in [0.15, 0.2) is 24.3 Å². The van der Waals surface area contributed by atoms with Gasteiger partial charge in [-0.15, -0.1) is 0 Å². The molecule has 2 amide bonds. The minimum absolute atomic E-state index is 0.0434. The Bertz CT molecular complexity index is 569. The van der Waals surface area contributed by atoms with Gasteiger partial charge in [0.2, 0.25) is 11.8 Å². The maximum atomic E-state index is 13.1. The number of hydrogen-bond donors (Lipinski definition) is 1. The van der Waals surface area contributed by atoms with Crippen molar-refractivity contribution in [3.63, 3.8) is 0 Å². The van der Waals surface area contributed by atoms with Gasteiger partial charge in [0.05, 0.1) is 12.0 Å². The van der Waals surface area contributed by atoms with E-state index >= 15 is 0 Å². The number of hydrogen-bond acceptors (Lipinski definition) is 2. The zero-order chi connectivity index (χ0) is 15.7. The summed E-state index contributed by atoms with van der Waals surface area (Å²) in [6, 6.07) is 5.74. The van der Waals surface area contributed by atoms with Gasteiger partial charge in [-0.3, -0.25) is 9.59 Å². The van der Waals surface area contributed by atoms with Gasteiger partial charge < -0.3 is 10.2 Å². The normalized spacial score (nSPS) is 25.2. The molecule has 1 N–H and O–H groups in total. The van der Waals surface area contributed by atoms with E-state index < -0.39 is 5.92 Å². The van der Waals surface area contributed by atoms with E-state index in [9.17, 15) is 14.0 Å². The van der Waals surface area contributed by atoms with Crippen LogP contribution in [0.25, 0.3) is 0 Å². The third kappa shape index (κ3) is 2.85. The van der Waals surface area contributed by atoms with Gasteiger partial charge in [0.25, 0.3) is 0 Å². The van der Waals surface area contributed by atoms with E-state index in [4.69, 9.17) is 0 Å². The first-order valence-corrected chi connectivity index (χ1v) is 7.85. The molecule has 0 unspecified atom stereocenters. The molecule has 2 aliphatic rings. The average molecular weight is 304 g/mol. The van der Waals surface area contributed by atoms with Crippen LogP contribution in [-0.4, -0.2) is 30.3 Å². The molecule has 2 atom stereocenters. The van der Waals surface area contributed by atoms with Crippen LogP contribution in [0.1, 0.15) is 37.3 Å². The van der Waals surface area contributed by atoms with Crippen LogP contribution >= 0.6 is 0 Å². The number of carbonyl (C=O) groups is 2. The van der Waals surface area contributed by atoms with E-state index in [1.165, 1.54) is 31.4 Å². The summed E-state index contributed by atoms with van der Waals surface area (Å²) in [6.45, 7) is 0.698. The first kappa shape index (κ1) is 15.0. The Morgan fingerprint density at radius 3 is 2.59 bits per heavy atom. The van der Waals surface area contributed by atoms with Crippen LogP contribution in [0.4, 0.5) is 4.39 Å². The van der Waals surface area contributed by atoms with Gasteiger partial charge >= 0.3 is 0 Å². The standard InChI is InChI=1S/C17H21FN2O2/c1-20-15(21)9-14(17(22)19-10-11-3-2-4-11)16(20)12-5-7-13(18)8-6-12/h5-8,11,14,16H,2-4,9-10H2,1H3,(H,19,22)/t14-,16-/m1/s1. The Morgan fingerprint density at radius 2 is 2.00 bits per heavy atom. The van der Waals surface area contributed by atoms with Gasteiger partial charge in [-0.05, 0) is 36.5 Å². The molecule has 1 heterocycles. The third-order valence-corrected chi connectivity index (χ3v) is 4.92. The predicted octanol–water partition coefficient (Wildman–Crippen LogP) is 2.26. The van der Waals surface area contributed by atoms with Gasteiger partial charge in [0, 0.05) is 20.0 Å². The molecule has 0 radical (unpaired) electrons. The second kappa shape index (κ2) is 6.07. The molecule has 1 saturated carbocycles. The highest BCUT2D eigenvalue weighted by atomic mass is 19.1. The number of nitrogens with zero attached hydrogens (tertiary/aromatic N) is 1. The molecule has 118 valence electrons. The van der Waals surface area contributed by atoms with Crippen LogP contribution in [0.5, 0.6) is 0 Å². The fraction of sp³-hybridized carbons (Fsp3) is 0.529. The van der Waals surface area contributed by atoms with Crippen molar-refractivity contribution in [2.75, 3.05) is 13.6 Å². The summed E-state index contributed by atoms with van der Waals surface area (Å²) in [6.07, 6.45) is 3.80. The lowest BCUT2D eigenvalue weighted by atomic mass is 9.85. The summed E-state index contributed by atoms with van der Waals surface area (Å²) < 4.78 is 13.1. The summed E-state index contributed by atoms with van der Waals surface area (Å²) >= 11 is 0. The van der Waals surface area contributed by atoms with Crippen molar-refractivity contribution in [1.29, 1.82) is 0 Å². The molecule has 1 aromatic carbocycles. The Morgan fingerprint density at radius 1 is 1.32 bits per heavy atom. The van der Waals surface area contributed by atoms with Crippen molar-refractivity contribution in [3.8, 4) is 0 Å². The first-order chi connectivity index (χ1) is 10.6. The third-order valence-electron chi connectivity index (χ3n) is 4.92. The quantitative estimate of drug-likeness (QED) is 0.927. The maximum absolute atomic E-state index is 13.1. The van der Waals surface area contributed by atoms with Gasteiger partial charge in [0.15, 0.2) is 0 Å². The van der Waals surface area contributed by atoms with Crippen molar-refractivity contribution in [2.24, 2.45) is 11.8 Å². The zero-order valence-electron chi connectivity index (χ0n) is 12.7. The second-order valence-corrected chi connectivity index (χ2v) is 6.35. The molecule has 4 nitrogen and oxygen atoms in total. The van der Waals surface area contributed by atoms with Crippen molar-refractivity contribution in [2.45, 2.75) is 31.7 Å². The van der Waals surface area contributed by atoms with Crippen molar-refractivity contribution >= 4 is 11.8 Å². The summed E-state index contributed by atoms with van der Waals surface area (Å²) in [4.78, 5) is 26.1. The molecule has 2 fully saturated rings. The molecular weight excluding hydrogens is 283 g/mol. The summed E-state index contributed by atoms with van der Waals surface area (Å²) in [7, 11) is 1.70. The molecule has 0 bridgehead atoms. The highest BCUT2D eigenvalue weighted by molar-refractivity contribution is 5.90. The minimum atomic E-state index is -0.400. The number of halogens is 1. The molecule has 1 aliphatic heterocycles. The number of rotatable bonds is 4. The van der Waals surface area contributed by atoms with Gasteiger partial charge in [0.1, 0.15) is 5.82 Å². The molecule has 22 heavy (non-hydrogen) atoms. The van der Waals surface area contributed by atoms with Crippen molar-refractivity contribution < 1.29 is 14.0 Å². The van der Waals surface area contributed by atoms with E-state index in [0.717, 1.165) is 5.56 Å². The Kier molecular flexibility index (Phi) is 4.14. The van der Waals surface area contributed by atoms with Crippen LogP contribution in [0.3, 0.4) is 0 Å². The lowest BCUT2D eigenvalue weighted by molar-refractivity contribution is -0.128. The number of benzene rings is 1. The molecule has 1 saturated heterocycles. The second-order valence-electron chi connectivity index (χ2n) is 6.35. The lowest BCUT2D eigenvalue weighted by Crippen LogP contribution is -2.38. The first-order valence-electron chi connectivity index (χ1n) is 7.85. The van der Waals surface area contributed by atoms with Crippen LogP contribution in [0.2, 0.25) is 0 Å². The van der Waals surface area contributed by atoms with Gasteiger partial charge in [-0.25, -0.2) is 4.39 Å². The number of likely N-dealkylation sites (tertiary alicyclic amines) is 1. The van der Waals surface area contributed by atoms with Crippen LogP contribution in [0, 0.1) is 17.7 Å². The lowest BCUT2D eigenvalue weighted by Gasteiger charge is -2.28.